The molecule has 7 heteroatoms. The lowest BCUT2D eigenvalue weighted by atomic mass is 10.1. The number of hydrogen-bond acceptors (Lipinski definition) is 5. The number of carbonyl (C=O) groups excluding carboxylic acids is 1. The molecule has 7 nitrogen and oxygen atoms in total. The minimum atomic E-state index is -1.12. The lowest BCUT2D eigenvalue weighted by Crippen LogP contribution is -2.44. The number of carboxylic acids is 1. The number of aliphatic carboxylic acids is 1. The number of rotatable bonds is 8. The maximum absolute atomic E-state index is 12.3. The summed E-state index contributed by atoms with van der Waals surface area (Å²) in [5, 5.41) is 11.7. The molecule has 2 aliphatic rings. The van der Waals surface area contributed by atoms with Crippen molar-refractivity contribution in [3.63, 3.8) is 0 Å². The Morgan fingerprint density at radius 2 is 2.12 bits per heavy atom. The van der Waals surface area contributed by atoms with E-state index >= 15 is 0 Å². The normalized spacial score (nSPS) is 21.9. The Morgan fingerprint density at radius 1 is 1.36 bits per heavy atom. The van der Waals surface area contributed by atoms with Crippen molar-refractivity contribution in [3.05, 3.63) is 36.4 Å². The van der Waals surface area contributed by atoms with Gasteiger partial charge in [-0.25, -0.2) is 4.79 Å². The van der Waals surface area contributed by atoms with Crippen molar-refractivity contribution in [2.45, 2.75) is 18.4 Å². The van der Waals surface area contributed by atoms with Crippen molar-refractivity contribution in [2.24, 2.45) is 5.92 Å². The first-order chi connectivity index (χ1) is 12.1. The number of nitrogens with one attached hydrogen (secondary N) is 1. The Kier molecular flexibility index (Phi) is 5.23. The molecule has 0 spiro atoms. The summed E-state index contributed by atoms with van der Waals surface area (Å²) in [5.74, 6) is -0.149. The van der Waals surface area contributed by atoms with E-state index in [0.29, 0.717) is 31.1 Å². The van der Waals surface area contributed by atoms with E-state index in [0.717, 1.165) is 5.56 Å². The van der Waals surface area contributed by atoms with Crippen LogP contribution in [0.5, 0.6) is 11.5 Å². The highest BCUT2D eigenvalue weighted by molar-refractivity contribution is 5.87. The van der Waals surface area contributed by atoms with E-state index < -0.39 is 12.0 Å². The second kappa shape index (κ2) is 7.57. The minimum absolute atomic E-state index is 0.0689. The van der Waals surface area contributed by atoms with Crippen LogP contribution in [0.2, 0.25) is 0 Å². The largest absolute Gasteiger partial charge is 0.486 e. The molecule has 0 saturated heterocycles. The molecular formula is C18H21NO6. The number of amides is 1. The Morgan fingerprint density at radius 3 is 2.84 bits per heavy atom. The van der Waals surface area contributed by atoms with E-state index in [4.69, 9.17) is 14.2 Å². The Labute approximate surface area is 145 Å². The number of benzene rings is 1. The lowest BCUT2D eigenvalue weighted by molar-refractivity contribution is -0.143. The molecule has 2 N–H and O–H groups in total. The average molecular weight is 347 g/mol. The van der Waals surface area contributed by atoms with Crippen LogP contribution in [0.1, 0.15) is 17.9 Å². The van der Waals surface area contributed by atoms with Crippen molar-refractivity contribution in [2.75, 3.05) is 26.4 Å². The molecule has 25 heavy (non-hydrogen) atoms. The SMILES string of the molecule is C=CCOCC(NC(=O)C1CC1c1ccc2c(c1)OCCO2)C(=O)O. The van der Waals surface area contributed by atoms with Crippen molar-refractivity contribution < 1.29 is 28.9 Å². The number of fused-ring (bicyclic) bond motifs is 1. The highest BCUT2D eigenvalue weighted by atomic mass is 16.6. The van der Waals surface area contributed by atoms with E-state index in [2.05, 4.69) is 11.9 Å². The monoisotopic (exact) mass is 347 g/mol. The van der Waals surface area contributed by atoms with Gasteiger partial charge in [-0.2, -0.15) is 0 Å². The zero-order valence-corrected chi connectivity index (χ0v) is 13.8. The second-order valence-electron chi connectivity index (χ2n) is 6.08. The van der Waals surface area contributed by atoms with E-state index in [1.165, 1.54) is 6.08 Å². The van der Waals surface area contributed by atoms with E-state index in [-0.39, 0.29) is 31.0 Å². The van der Waals surface area contributed by atoms with E-state index in [1.807, 2.05) is 18.2 Å². The number of ether oxygens (including phenoxy) is 3. The van der Waals surface area contributed by atoms with Crippen molar-refractivity contribution in [1.29, 1.82) is 0 Å². The van der Waals surface area contributed by atoms with Crippen LogP contribution in [-0.2, 0) is 14.3 Å². The fourth-order valence-corrected chi connectivity index (χ4v) is 2.87. The standard InChI is InChI=1S/C18H21NO6/c1-2-5-23-10-14(18(21)22)19-17(20)13-9-12(13)11-3-4-15-16(8-11)25-7-6-24-15/h2-4,8,12-14H,1,5-7,9-10H2,(H,19,20)(H,21,22). The van der Waals surface area contributed by atoms with Crippen molar-refractivity contribution in [3.8, 4) is 11.5 Å². The summed E-state index contributed by atoms with van der Waals surface area (Å²) in [4.78, 5) is 23.6. The van der Waals surface area contributed by atoms with Gasteiger partial charge in [-0.3, -0.25) is 4.79 Å². The van der Waals surface area contributed by atoms with Crippen LogP contribution < -0.4 is 14.8 Å². The van der Waals surface area contributed by atoms with Crippen LogP contribution in [0.15, 0.2) is 30.9 Å². The highest BCUT2D eigenvalue weighted by Gasteiger charge is 2.45. The van der Waals surface area contributed by atoms with Gasteiger partial charge in [0, 0.05) is 5.92 Å². The Hall–Kier alpha value is -2.54. The molecule has 1 aliphatic heterocycles. The molecule has 0 aromatic heterocycles. The molecule has 1 aromatic carbocycles. The van der Waals surface area contributed by atoms with Gasteiger partial charge in [0.2, 0.25) is 5.91 Å². The lowest BCUT2D eigenvalue weighted by Gasteiger charge is -2.19. The summed E-state index contributed by atoms with van der Waals surface area (Å²) in [6, 6.07) is 4.61. The van der Waals surface area contributed by atoms with Crippen LogP contribution in [0.25, 0.3) is 0 Å². The summed E-state index contributed by atoms with van der Waals surface area (Å²) in [6.45, 7) is 4.69. The van der Waals surface area contributed by atoms with Crippen LogP contribution in [0, 0.1) is 5.92 Å². The van der Waals surface area contributed by atoms with Crippen LogP contribution in [0.4, 0.5) is 0 Å². The fraction of sp³-hybridized carbons (Fsp3) is 0.444. The van der Waals surface area contributed by atoms with Crippen LogP contribution in [0.3, 0.4) is 0 Å². The van der Waals surface area contributed by atoms with Gasteiger partial charge in [0.25, 0.3) is 0 Å². The molecule has 1 fully saturated rings. The number of carboxylic acid groups (broad SMARTS) is 1. The summed E-state index contributed by atoms with van der Waals surface area (Å²) >= 11 is 0. The van der Waals surface area contributed by atoms with Crippen molar-refractivity contribution in [1.82, 2.24) is 5.32 Å². The molecule has 0 bridgehead atoms. The van der Waals surface area contributed by atoms with Crippen LogP contribution in [-0.4, -0.2) is 49.5 Å². The number of hydrogen-bond donors (Lipinski definition) is 2. The zero-order chi connectivity index (χ0) is 17.8. The van der Waals surface area contributed by atoms with Crippen LogP contribution >= 0.6 is 0 Å². The van der Waals surface area contributed by atoms with Gasteiger partial charge in [-0.05, 0) is 30.0 Å². The molecule has 3 atom stereocenters. The first kappa shape index (κ1) is 17.3. The van der Waals surface area contributed by atoms with Gasteiger partial charge in [0.05, 0.1) is 13.2 Å². The van der Waals surface area contributed by atoms with Gasteiger partial charge in [-0.15, -0.1) is 6.58 Å². The third-order valence-corrected chi connectivity index (χ3v) is 4.26. The molecule has 3 unspecified atom stereocenters. The summed E-state index contributed by atoms with van der Waals surface area (Å²) in [6.07, 6.45) is 2.21. The molecule has 1 saturated carbocycles. The second-order valence-corrected chi connectivity index (χ2v) is 6.08. The minimum Gasteiger partial charge on any atom is -0.486 e. The third-order valence-electron chi connectivity index (χ3n) is 4.26. The maximum atomic E-state index is 12.3. The maximum Gasteiger partial charge on any atom is 0.328 e. The quantitative estimate of drug-likeness (QED) is 0.544. The predicted molar refractivity (Wildman–Crippen MR) is 88.9 cm³/mol. The third kappa shape index (κ3) is 4.11. The summed E-state index contributed by atoms with van der Waals surface area (Å²) in [5.41, 5.74) is 0.999. The first-order valence-corrected chi connectivity index (χ1v) is 8.21. The molecule has 1 aliphatic carbocycles. The molecule has 134 valence electrons. The highest BCUT2D eigenvalue weighted by Crippen LogP contribution is 2.49. The van der Waals surface area contributed by atoms with E-state index in [9.17, 15) is 14.7 Å². The predicted octanol–water partition coefficient (Wildman–Crippen LogP) is 1.33. The topological polar surface area (TPSA) is 94.1 Å². The molecule has 0 radical (unpaired) electrons. The molecular weight excluding hydrogens is 326 g/mol. The average Bonchev–Trinajstić information content (AvgIpc) is 3.41. The molecule has 1 heterocycles. The van der Waals surface area contributed by atoms with Crippen molar-refractivity contribution >= 4 is 11.9 Å². The van der Waals surface area contributed by atoms with Gasteiger partial charge >= 0.3 is 5.97 Å². The Balaban J connectivity index is 1.57. The van der Waals surface area contributed by atoms with E-state index in [1.54, 1.807) is 0 Å². The summed E-state index contributed by atoms with van der Waals surface area (Å²) < 4.78 is 16.2. The molecule has 1 amide bonds. The van der Waals surface area contributed by atoms with Gasteiger partial charge in [-0.1, -0.05) is 12.1 Å². The van der Waals surface area contributed by atoms with Gasteiger partial charge < -0.3 is 24.6 Å². The first-order valence-electron chi connectivity index (χ1n) is 8.21. The molecule has 1 aromatic rings. The summed E-state index contributed by atoms with van der Waals surface area (Å²) in [7, 11) is 0. The number of carbonyl (C=O) groups is 2. The molecule has 3 rings (SSSR count). The Bertz CT molecular complexity index is 674. The smallest absolute Gasteiger partial charge is 0.328 e. The van der Waals surface area contributed by atoms with Gasteiger partial charge in [0.1, 0.15) is 13.2 Å². The zero-order valence-electron chi connectivity index (χ0n) is 13.8. The fourth-order valence-electron chi connectivity index (χ4n) is 2.87. The van der Waals surface area contributed by atoms with Gasteiger partial charge in [0.15, 0.2) is 17.5 Å².